The number of hydrogen-bond acceptors (Lipinski definition) is 3. The predicted molar refractivity (Wildman–Crippen MR) is 71.8 cm³/mol. The first kappa shape index (κ1) is 14.7. The predicted octanol–water partition coefficient (Wildman–Crippen LogP) is 4.64. The van der Waals surface area contributed by atoms with Crippen molar-refractivity contribution in [1.29, 1.82) is 0 Å². The molecule has 0 aliphatic rings. The molecule has 2 rings (SSSR count). The van der Waals surface area contributed by atoms with Gasteiger partial charge in [-0.2, -0.15) is 24.9 Å². The second kappa shape index (κ2) is 5.75. The number of hydrogen-bond donors (Lipinski definition) is 0. The summed E-state index contributed by atoms with van der Waals surface area (Å²) in [4.78, 5) is 10.9. The van der Waals surface area contributed by atoms with Gasteiger partial charge >= 0.3 is 6.18 Å². The van der Waals surface area contributed by atoms with E-state index in [-0.39, 0.29) is 0 Å². The zero-order valence-electron chi connectivity index (χ0n) is 10.5. The molecule has 1 aromatic heterocycles. The molecular formula is C14H11F3O2S. The van der Waals surface area contributed by atoms with Gasteiger partial charge in [0.05, 0.1) is 16.9 Å². The van der Waals surface area contributed by atoms with Gasteiger partial charge in [0, 0.05) is 5.56 Å². The number of alkyl halides is 3. The van der Waals surface area contributed by atoms with Gasteiger partial charge in [-0.25, -0.2) is 0 Å². The van der Waals surface area contributed by atoms with Gasteiger partial charge in [-0.3, -0.25) is 4.79 Å². The minimum absolute atomic E-state index is 0.393. The third-order valence-electron chi connectivity index (χ3n) is 2.74. The van der Waals surface area contributed by atoms with Gasteiger partial charge in [-0.05, 0) is 24.5 Å². The van der Waals surface area contributed by atoms with Crippen molar-refractivity contribution >= 4 is 18.0 Å². The van der Waals surface area contributed by atoms with E-state index in [0.717, 1.165) is 12.1 Å². The molecule has 106 valence electrons. The fourth-order valence-corrected chi connectivity index (χ4v) is 2.24. The molecule has 0 N–H and O–H groups in total. The first-order chi connectivity index (χ1) is 9.45. The standard InChI is InChI=1S/C14H11F3O2S/c1-20-8-13-10(7-18)6-12(19-13)9-2-4-11(5-3-9)14(15,16)17/h2-7H,8H2,1H3. The minimum Gasteiger partial charge on any atom is -0.459 e. The number of furan rings is 1. The summed E-state index contributed by atoms with van der Waals surface area (Å²) < 4.78 is 42.9. The molecule has 0 aliphatic heterocycles. The lowest BCUT2D eigenvalue weighted by molar-refractivity contribution is -0.137. The van der Waals surface area contributed by atoms with E-state index in [4.69, 9.17) is 4.42 Å². The quantitative estimate of drug-likeness (QED) is 0.770. The van der Waals surface area contributed by atoms with Crippen LogP contribution in [0.1, 0.15) is 21.7 Å². The van der Waals surface area contributed by atoms with Crippen LogP contribution in [0.2, 0.25) is 0 Å². The summed E-state index contributed by atoms with van der Waals surface area (Å²) >= 11 is 1.50. The highest BCUT2D eigenvalue weighted by atomic mass is 32.2. The molecule has 0 fully saturated rings. The number of thioether (sulfide) groups is 1. The van der Waals surface area contributed by atoms with Crippen LogP contribution in [0, 0.1) is 0 Å². The highest BCUT2D eigenvalue weighted by Gasteiger charge is 2.30. The lowest BCUT2D eigenvalue weighted by atomic mass is 10.1. The number of benzene rings is 1. The molecule has 2 aromatic rings. The highest BCUT2D eigenvalue weighted by molar-refractivity contribution is 7.97. The lowest BCUT2D eigenvalue weighted by Gasteiger charge is -2.06. The molecule has 0 radical (unpaired) electrons. The molecule has 0 unspecified atom stereocenters. The van der Waals surface area contributed by atoms with Gasteiger partial charge in [0.25, 0.3) is 0 Å². The Balaban J connectivity index is 2.34. The van der Waals surface area contributed by atoms with Crippen molar-refractivity contribution < 1.29 is 22.4 Å². The molecule has 0 atom stereocenters. The number of carbonyl (C=O) groups is 1. The van der Waals surface area contributed by atoms with Gasteiger partial charge in [0.2, 0.25) is 0 Å². The normalized spacial score (nSPS) is 11.6. The summed E-state index contributed by atoms with van der Waals surface area (Å²) in [5.41, 5.74) is 0.218. The molecule has 0 spiro atoms. The molecule has 0 saturated carbocycles. The van der Waals surface area contributed by atoms with Gasteiger partial charge in [-0.1, -0.05) is 12.1 Å². The third kappa shape index (κ3) is 3.07. The molecule has 1 heterocycles. The highest BCUT2D eigenvalue weighted by Crippen LogP contribution is 2.32. The van der Waals surface area contributed by atoms with Crippen molar-refractivity contribution in [3.63, 3.8) is 0 Å². The molecule has 6 heteroatoms. The van der Waals surface area contributed by atoms with E-state index in [2.05, 4.69) is 0 Å². The monoisotopic (exact) mass is 300 g/mol. The van der Waals surface area contributed by atoms with Crippen LogP contribution in [-0.2, 0) is 11.9 Å². The average Bonchev–Trinajstić information content (AvgIpc) is 2.81. The Hall–Kier alpha value is -1.69. The Bertz CT molecular complexity index is 600. The Morgan fingerprint density at radius 2 is 1.90 bits per heavy atom. The van der Waals surface area contributed by atoms with Crippen molar-refractivity contribution in [2.75, 3.05) is 6.26 Å². The molecule has 0 saturated heterocycles. The van der Waals surface area contributed by atoms with E-state index in [1.165, 1.54) is 23.9 Å². The van der Waals surface area contributed by atoms with Crippen LogP contribution >= 0.6 is 11.8 Å². The van der Waals surface area contributed by atoms with Gasteiger partial charge in [0.15, 0.2) is 6.29 Å². The second-order valence-electron chi connectivity index (χ2n) is 4.12. The topological polar surface area (TPSA) is 30.2 Å². The van der Waals surface area contributed by atoms with E-state index in [1.54, 1.807) is 6.07 Å². The maximum absolute atomic E-state index is 12.5. The smallest absolute Gasteiger partial charge is 0.416 e. The molecular weight excluding hydrogens is 289 g/mol. The Kier molecular flexibility index (Phi) is 4.23. The zero-order valence-corrected chi connectivity index (χ0v) is 11.3. The van der Waals surface area contributed by atoms with Crippen LogP contribution in [0.5, 0.6) is 0 Å². The lowest BCUT2D eigenvalue weighted by Crippen LogP contribution is -2.03. The number of carbonyl (C=O) groups excluding carboxylic acids is 1. The summed E-state index contributed by atoms with van der Waals surface area (Å²) in [7, 11) is 0. The zero-order chi connectivity index (χ0) is 14.8. The summed E-state index contributed by atoms with van der Waals surface area (Å²) in [6, 6.07) is 6.19. The van der Waals surface area contributed by atoms with Crippen molar-refractivity contribution in [3.8, 4) is 11.3 Å². The summed E-state index contributed by atoms with van der Waals surface area (Å²) in [6.07, 6.45) is -1.81. The third-order valence-corrected chi connectivity index (χ3v) is 3.29. The molecule has 1 aromatic carbocycles. The summed E-state index contributed by atoms with van der Waals surface area (Å²) in [5.74, 6) is 1.46. The van der Waals surface area contributed by atoms with Crippen molar-refractivity contribution in [1.82, 2.24) is 0 Å². The van der Waals surface area contributed by atoms with Gasteiger partial charge < -0.3 is 4.42 Å². The maximum Gasteiger partial charge on any atom is 0.416 e. The van der Waals surface area contributed by atoms with E-state index >= 15 is 0 Å². The number of rotatable bonds is 4. The summed E-state index contributed by atoms with van der Waals surface area (Å²) in [6.45, 7) is 0. The number of aldehydes is 1. The van der Waals surface area contributed by atoms with Crippen LogP contribution in [0.3, 0.4) is 0 Å². The Morgan fingerprint density at radius 3 is 2.40 bits per heavy atom. The SMILES string of the molecule is CSCc1oc(-c2ccc(C(F)(F)F)cc2)cc1C=O. The van der Waals surface area contributed by atoms with Crippen LogP contribution in [0.4, 0.5) is 13.2 Å². The second-order valence-corrected chi connectivity index (χ2v) is 4.98. The fraction of sp³-hybridized carbons (Fsp3) is 0.214. The molecule has 2 nitrogen and oxygen atoms in total. The number of halogens is 3. The van der Waals surface area contributed by atoms with E-state index in [1.807, 2.05) is 6.26 Å². The van der Waals surface area contributed by atoms with Crippen LogP contribution in [-0.4, -0.2) is 12.5 Å². The van der Waals surface area contributed by atoms with Crippen LogP contribution in [0.15, 0.2) is 34.7 Å². The first-order valence-corrected chi connectivity index (χ1v) is 7.09. The molecule has 0 amide bonds. The minimum atomic E-state index is -4.36. The van der Waals surface area contributed by atoms with Crippen molar-refractivity contribution in [2.24, 2.45) is 0 Å². The Morgan fingerprint density at radius 1 is 1.25 bits per heavy atom. The summed E-state index contributed by atoms with van der Waals surface area (Å²) in [5, 5.41) is 0. The first-order valence-electron chi connectivity index (χ1n) is 5.70. The van der Waals surface area contributed by atoms with Gasteiger partial charge in [0.1, 0.15) is 11.5 Å². The molecule has 20 heavy (non-hydrogen) atoms. The molecule has 0 aliphatic carbocycles. The Labute approximate surface area is 118 Å². The van der Waals surface area contributed by atoms with E-state index < -0.39 is 11.7 Å². The average molecular weight is 300 g/mol. The van der Waals surface area contributed by atoms with E-state index in [9.17, 15) is 18.0 Å². The van der Waals surface area contributed by atoms with Crippen molar-refractivity contribution in [3.05, 3.63) is 47.2 Å². The van der Waals surface area contributed by atoms with Gasteiger partial charge in [-0.15, -0.1) is 0 Å². The van der Waals surface area contributed by atoms with Crippen molar-refractivity contribution in [2.45, 2.75) is 11.9 Å². The van der Waals surface area contributed by atoms with Crippen LogP contribution in [0.25, 0.3) is 11.3 Å². The fourth-order valence-electron chi connectivity index (χ4n) is 1.75. The maximum atomic E-state index is 12.5. The van der Waals surface area contributed by atoms with E-state index in [0.29, 0.717) is 34.7 Å². The molecule has 0 bridgehead atoms. The largest absolute Gasteiger partial charge is 0.459 e. The van der Waals surface area contributed by atoms with Crippen LogP contribution < -0.4 is 0 Å².